The molecular weight excluding hydrogens is 441 g/mol. The molecule has 7 nitrogen and oxygen atoms in total. The van der Waals surface area contributed by atoms with Crippen molar-refractivity contribution in [1.82, 2.24) is 10.6 Å². The van der Waals surface area contributed by atoms with Crippen LogP contribution >= 0.6 is 0 Å². The van der Waals surface area contributed by atoms with Gasteiger partial charge >= 0.3 is 18.2 Å². The van der Waals surface area contributed by atoms with Crippen molar-refractivity contribution in [2.75, 3.05) is 6.61 Å². The Kier molecular flexibility index (Phi) is 7.25. The topological polar surface area (TPSA) is 105 Å². The van der Waals surface area contributed by atoms with Crippen molar-refractivity contribution in [3.63, 3.8) is 0 Å². The van der Waals surface area contributed by atoms with E-state index in [4.69, 9.17) is 9.84 Å². The molecule has 2 aromatic carbocycles. The summed E-state index contributed by atoms with van der Waals surface area (Å²) in [6, 6.07) is 11.7. The fourth-order valence-electron chi connectivity index (χ4n) is 3.86. The van der Waals surface area contributed by atoms with Crippen molar-refractivity contribution in [1.29, 1.82) is 0 Å². The van der Waals surface area contributed by atoms with E-state index in [-0.39, 0.29) is 12.5 Å². The first-order valence-corrected chi connectivity index (χ1v) is 10.3. The summed E-state index contributed by atoms with van der Waals surface area (Å²) in [4.78, 5) is 34.8. The number of hydrogen-bond donors (Lipinski definition) is 3. The highest BCUT2D eigenvalue weighted by molar-refractivity contribution is 5.80. The van der Waals surface area contributed by atoms with Gasteiger partial charge in [-0.25, -0.2) is 4.79 Å². The minimum absolute atomic E-state index is 0.174. The Balaban J connectivity index is 1.62. The van der Waals surface area contributed by atoms with Crippen LogP contribution < -0.4 is 10.6 Å². The predicted octanol–water partition coefficient (Wildman–Crippen LogP) is 3.83. The van der Waals surface area contributed by atoms with E-state index in [2.05, 4.69) is 5.32 Å². The highest BCUT2D eigenvalue weighted by atomic mass is 19.4. The third kappa shape index (κ3) is 6.03. The summed E-state index contributed by atoms with van der Waals surface area (Å²) in [5.74, 6) is -2.57. The molecule has 0 radical (unpaired) electrons. The zero-order valence-corrected chi connectivity index (χ0v) is 17.7. The monoisotopic (exact) mass is 464 g/mol. The second-order valence-electron chi connectivity index (χ2n) is 7.83. The van der Waals surface area contributed by atoms with Gasteiger partial charge in [0.25, 0.3) is 0 Å². The van der Waals surface area contributed by atoms with E-state index < -0.39 is 49.1 Å². The van der Waals surface area contributed by atoms with Crippen molar-refractivity contribution in [2.24, 2.45) is 0 Å². The number of carboxylic acids is 1. The van der Waals surface area contributed by atoms with Crippen LogP contribution in [0.1, 0.15) is 36.8 Å². The first-order valence-electron chi connectivity index (χ1n) is 10.3. The summed E-state index contributed by atoms with van der Waals surface area (Å²) >= 11 is 0. The highest BCUT2D eigenvalue weighted by Crippen LogP contribution is 2.44. The quantitative estimate of drug-likeness (QED) is 0.551. The molecule has 33 heavy (non-hydrogen) atoms. The van der Waals surface area contributed by atoms with Crippen LogP contribution in [0.3, 0.4) is 0 Å². The number of rotatable bonds is 8. The summed E-state index contributed by atoms with van der Waals surface area (Å²) in [5, 5.41) is 12.6. The fraction of sp³-hybridized carbons (Fsp3) is 0.348. The van der Waals surface area contributed by atoms with Crippen LogP contribution in [0.15, 0.2) is 48.5 Å². The molecule has 0 aromatic heterocycles. The number of hydrogen-bond acceptors (Lipinski definition) is 4. The van der Waals surface area contributed by atoms with Crippen LogP contribution in [0.25, 0.3) is 11.1 Å². The first kappa shape index (κ1) is 24.1. The summed E-state index contributed by atoms with van der Waals surface area (Å²) in [6.45, 7) is 1.18. The molecule has 0 fully saturated rings. The van der Waals surface area contributed by atoms with Gasteiger partial charge in [0.05, 0.1) is 12.8 Å². The Morgan fingerprint density at radius 3 is 2.03 bits per heavy atom. The lowest BCUT2D eigenvalue weighted by molar-refractivity contribution is -0.160. The Labute approximate surface area is 187 Å². The smallest absolute Gasteiger partial charge is 0.409 e. The molecule has 2 aromatic rings. The molecule has 3 N–H and O–H groups in total. The molecule has 1 aliphatic rings. The van der Waals surface area contributed by atoms with E-state index in [1.54, 1.807) is 5.32 Å². The number of aliphatic carboxylic acids is 1. The SMILES string of the molecule is C[C@H](CC(=O)O)NC(=O)CC(NC(=O)OCC1c2ccccc2-c2ccccc21)C(F)(F)F. The fourth-order valence-corrected chi connectivity index (χ4v) is 3.86. The average molecular weight is 464 g/mol. The van der Waals surface area contributed by atoms with E-state index in [1.807, 2.05) is 48.5 Å². The zero-order chi connectivity index (χ0) is 24.2. The molecule has 3 rings (SSSR count). The maximum absolute atomic E-state index is 13.4. The third-order valence-corrected chi connectivity index (χ3v) is 5.31. The Hall–Kier alpha value is -3.56. The number of carbonyl (C=O) groups is 3. The van der Waals surface area contributed by atoms with Crippen LogP contribution in [0, 0.1) is 0 Å². The molecule has 10 heteroatoms. The van der Waals surface area contributed by atoms with E-state index in [9.17, 15) is 27.6 Å². The molecule has 0 saturated carbocycles. The van der Waals surface area contributed by atoms with E-state index >= 15 is 0 Å². The van der Waals surface area contributed by atoms with E-state index in [0.29, 0.717) is 0 Å². The van der Waals surface area contributed by atoms with Crippen LogP contribution in [0.2, 0.25) is 0 Å². The number of nitrogens with one attached hydrogen (secondary N) is 2. The lowest BCUT2D eigenvalue weighted by Gasteiger charge is -2.22. The number of alkyl halides is 3. The molecule has 0 aliphatic heterocycles. The highest BCUT2D eigenvalue weighted by Gasteiger charge is 2.42. The summed E-state index contributed by atoms with van der Waals surface area (Å²) in [7, 11) is 0. The predicted molar refractivity (Wildman–Crippen MR) is 113 cm³/mol. The Bertz CT molecular complexity index is 995. The summed E-state index contributed by atoms with van der Waals surface area (Å²) in [5.41, 5.74) is 3.76. The molecule has 1 unspecified atom stereocenters. The van der Waals surface area contributed by atoms with Crippen LogP contribution in [-0.2, 0) is 14.3 Å². The number of amides is 2. The first-order chi connectivity index (χ1) is 15.6. The number of carbonyl (C=O) groups excluding carboxylic acids is 2. The van der Waals surface area contributed by atoms with Gasteiger partial charge in [-0.2, -0.15) is 13.2 Å². The van der Waals surface area contributed by atoms with E-state index in [0.717, 1.165) is 22.3 Å². The van der Waals surface area contributed by atoms with Gasteiger partial charge in [-0.05, 0) is 29.2 Å². The van der Waals surface area contributed by atoms with Gasteiger partial charge in [-0.1, -0.05) is 48.5 Å². The number of benzene rings is 2. The number of ether oxygens (including phenoxy) is 1. The lowest BCUT2D eigenvalue weighted by Crippen LogP contribution is -2.49. The van der Waals surface area contributed by atoms with Crippen molar-refractivity contribution in [2.45, 2.75) is 43.9 Å². The molecule has 0 bridgehead atoms. The van der Waals surface area contributed by atoms with Crippen molar-refractivity contribution in [3.05, 3.63) is 59.7 Å². The van der Waals surface area contributed by atoms with Gasteiger partial charge in [0.1, 0.15) is 12.6 Å². The molecule has 1 aliphatic carbocycles. The Morgan fingerprint density at radius 2 is 1.52 bits per heavy atom. The van der Waals surface area contributed by atoms with Gasteiger partial charge in [-0.3, -0.25) is 9.59 Å². The van der Waals surface area contributed by atoms with Crippen LogP contribution in [-0.4, -0.2) is 47.9 Å². The lowest BCUT2D eigenvalue weighted by atomic mass is 9.98. The second kappa shape index (κ2) is 9.93. The van der Waals surface area contributed by atoms with Gasteiger partial charge in [0.2, 0.25) is 5.91 Å². The van der Waals surface area contributed by atoms with E-state index in [1.165, 1.54) is 6.92 Å². The molecule has 0 saturated heterocycles. The Morgan fingerprint density at radius 1 is 0.970 bits per heavy atom. The van der Waals surface area contributed by atoms with Gasteiger partial charge in [0, 0.05) is 12.0 Å². The average Bonchev–Trinajstić information content (AvgIpc) is 3.04. The van der Waals surface area contributed by atoms with Gasteiger partial charge in [0.15, 0.2) is 0 Å². The van der Waals surface area contributed by atoms with Gasteiger partial charge in [-0.15, -0.1) is 0 Å². The summed E-state index contributed by atoms with van der Waals surface area (Å²) in [6.07, 6.45) is -7.75. The summed E-state index contributed by atoms with van der Waals surface area (Å²) < 4.78 is 45.3. The zero-order valence-electron chi connectivity index (χ0n) is 17.7. The van der Waals surface area contributed by atoms with Crippen LogP contribution in [0.5, 0.6) is 0 Å². The maximum Gasteiger partial charge on any atom is 0.409 e. The van der Waals surface area contributed by atoms with Crippen molar-refractivity contribution >= 4 is 18.0 Å². The molecular formula is C23H23F3N2O5. The van der Waals surface area contributed by atoms with Crippen LogP contribution in [0.4, 0.5) is 18.0 Å². The normalized spacial score (nSPS) is 14.5. The number of fused-ring (bicyclic) bond motifs is 3. The minimum Gasteiger partial charge on any atom is -0.481 e. The molecule has 0 heterocycles. The maximum atomic E-state index is 13.4. The number of halogens is 3. The molecule has 176 valence electrons. The minimum atomic E-state index is -4.90. The van der Waals surface area contributed by atoms with Gasteiger partial charge < -0.3 is 20.5 Å². The molecule has 2 atom stereocenters. The number of alkyl carbamates (subject to hydrolysis) is 1. The number of carboxylic acid groups (broad SMARTS) is 1. The molecule has 0 spiro atoms. The van der Waals surface area contributed by atoms with Crippen molar-refractivity contribution < 1.29 is 37.4 Å². The standard InChI is InChI=1S/C23H23F3N2O5/c1-13(10-21(30)31)27-20(29)11-19(23(24,25)26)28-22(32)33-12-18-16-8-4-2-6-14(16)15-7-3-5-9-17(15)18/h2-9,13,18-19H,10-12H2,1H3,(H,27,29)(H,28,32)(H,30,31)/t13-,19?/m1/s1. The third-order valence-electron chi connectivity index (χ3n) is 5.31. The second-order valence-corrected chi connectivity index (χ2v) is 7.83. The largest absolute Gasteiger partial charge is 0.481 e. The molecule has 2 amide bonds. The van der Waals surface area contributed by atoms with Crippen molar-refractivity contribution in [3.8, 4) is 11.1 Å².